The number of carbonyl (C=O) groups is 1. The summed E-state index contributed by atoms with van der Waals surface area (Å²) in [5.74, 6) is 0.313. The average Bonchev–Trinajstić information content (AvgIpc) is 3.29. The van der Waals surface area contributed by atoms with Crippen molar-refractivity contribution in [3.63, 3.8) is 0 Å². The second kappa shape index (κ2) is 6.90. The highest BCUT2D eigenvalue weighted by Gasteiger charge is 2.24. The van der Waals surface area contributed by atoms with Gasteiger partial charge in [-0.2, -0.15) is 5.10 Å². The van der Waals surface area contributed by atoms with Crippen LogP contribution in [0.1, 0.15) is 16.8 Å². The average molecular weight is 365 g/mol. The third kappa shape index (κ3) is 3.32. The number of nitrogens with one attached hydrogen (secondary N) is 1. The molecule has 0 saturated carbocycles. The van der Waals surface area contributed by atoms with Crippen LogP contribution in [0, 0.1) is 5.92 Å². The number of anilines is 1. The van der Waals surface area contributed by atoms with Gasteiger partial charge in [-0.3, -0.25) is 9.59 Å². The van der Waals surface area contributed by atoms with Crippen molar-refractivity contribution in [3.8, 4) is 0 Å². The van der Waals surface area contributed by atoms with Crippen LogP contribution in [0.4, 0.5) is 5.69 Å². The SMILES string of the molecule is Cn1ncc(N2CC[C@@H](CNC(=O)c3cccc4c3ccn4C)C2)cc1=O. The van der Waals surface area contributed by atoms with Gasteiger partial charge in [0.2, 0.25) is 0 Å². The van der Waals surface area contributed by atoms with Crippen LogP contribution in [0.5, 0.6) is 0 Å². The Morgan fingerprint density at radius 1 is 1.30 bits per heavy atom. The zero-order valence-electron chi connectivity index (χ0n) is 15.6. The van der Waals surface area contributed by atoms with E-state index >= 15 is 0 Å². The summed E-state index contributed by atoms with van der Waals surface area (Å²) in [7, 11) is 3.62. The predicted molar refractivity (Wildman–Crippen MR) is 105 cm³/mol. The number of amides is 1. The summed E-state index contributed by atoms with van der Waals surface area (Å²) in [5.41, 5.74) is 2.49. The number of nitrogens with zero attached hydrogens (tertiary/aromatic N) is 4. The monoisotopic (exact) mass is 365 g/mol. The van der Waals surface area contributed by atoms with Gasteiger partial charge in [-0.1, -0.05) is 6.07 Å². The van der Waals surface area contributed by atoms with Gasteiger partial charge in [-0.25, -0.2) is 4.68 Å². The normalized spacial score (nSPS) is 16.8. The molecule has 4 rings (SSSR count). The molecule has 0 radical (unpaired) electrons. The number of hydrogen-bond donors (Lipinski definition) is 1. The third-order valence-electron chi connectivity index (χ3n) is 5.33. The Balaban J connectivity index is 1.40. The quantitative estimate of drug-likeness (QED) is 0.761. The molecule has 7 nitrogen and oxygen atoms in total. The summed E-state index contributed by atoms with van der Waals surface area (Å²) in [6.07, 6.45) is 4.66. The maximum Gasteiger partial charge on any atom is 0.268 e. The van der Waals surface area contributed by atoms with Crippen LogP contribution in [0.15, 0.2) is 47.5 Å². The number of aromatic nitrogens is 3. The lowest BCUT2D eigenvalue weighted by atomic mass is 10.1. The first-order chi connectivity index (χ1) is 13.0. The topological polar surface area (TPSA) is 72.2 Å². The molecule has 0 aliphatic carbocycles. The van der Waals surface area contributed by atoms with Gasteiger partial charge < -0.3 is 14.8 Å². The van der Waals surface area contributed by atoms with E-state index < -0.39 is 0 Å². The Kier molecular flexibility index (Phi) is 4.43. The molecular formula is C20H23N5O2. The number of hydrogen-bond acceptors (Lipinski definition) is 4. The van der Waals surface area contributed by atoms with Crippen molar-refractivity contribution in [1.29, 1.82) is 0 Å². The van der Waals surface area contributed by atoms with Crippen molar-refractivity contribution < 1.29 is 4.79 Å². The van der Waals surface area contributed by atoms with Gasteiger partial charge >= 0.3 is 0 Å². The molecule has 1 saturated heterocycles. The Morgan fingerprint density at radius 3 is 2.96 bits per heavy atom. The first-order valence-electron chi connectivity index (χ1n) is 9.13. The van der Waals surface area contributed by atoms with Crippen LogP contribution >= 0.6 is 0 Å². The van der Waals surface area contributed by atoms with Gasteiger partial charge in [-0.15, -0.1) is 0 Å². The molecule has 0 unspecified atom stereocenters. The molecule has 3 heterocycles. The molecule has 0 spiro atoms. The van der Waals surface area contributed by atoms with Crippen molar-refractivity contribution in [2.45, 2.75) is 6.42 Å². The van der Waals surface area contributed by atoms with Crippen molar-refractivity contribution in [2.24, 2.45) is 20.0 Å². The highest BCUT2D eigenvalue weighted by Crippen LogP contribution is 2.22. The van der Waals surface area contributed by atoms with Gasteiger partial charge in [0.1, 0.15) is 0 Å². The number of carbonyl (C=O) groups excluding carboxylic acids is 1. The van der Waals surface area contributed by atoms with Crippen LogP contribution in [0.25, 0.3) is 10.9 Å². The van der Waals surface area contributed by atoms with E-state index in [2.05, 4.69) is 15.3 Å². The van der Waals surface area contributed by atoms with E-state index in [0.29, 0.717) is 18.0 Å². The Hall–Kier alpha value is -3.09. The molecule has 1 N–H and O–H groups in total. The minimum atomic E-state index is -0.111. The van der Waals surface area contributed by atoms with E-state index in [-0.39, 0.29) is 11.5 Å². The zero-order chi connectivity index (χ0) is 19.0. The zero-order valence-corrected chi connectivity index (χ0v) is 15.6. The van der Waals surface area contributed by atoms with Crippen molar-refractivity contribution in [1.82, 2.24) is 19.7 Å². The minimum absolute atomic E-state index is 0.0412. The Bertz CT molecular complexity index is 1050. The lowest BCUT2D eigenvalue weighted by molar-refractivity contribution is 0.0950. The fourth-order valence-corrected chi connectivity index (χ4v) is 3.70. The number of fused-ring (bicyclic) bond motifs is 1. The van der Waals surface area contributed by atoms with E-state index in [1.54, 1.807) is 19.3 Å². The summed E-state index contributed by atoms with van der Waals surface area (Å²) < 4.78 is 3.33. The molecular weight excluding hydrogens is 342 g/mol. The highest BCUT2D eigenvalue weighted by molar-refractivity contribution is 6.06. The molecule has 1 atom stereocenters. The van der Waals surface area contributed by atoms with Gasteiger partial charge in [0.05, 0.1) is 11.9 Å². The van der Waals surface area contributed by atoms with Crippen LogP contribution < -0.4 is 15.8 Å². The van der Waals surface area contributed by atoms with Crippen molar-refractivity contribution in [2.75, 3.05) is 24.5 Å². The molecule has 1 fully saturated rings. The second-order valence-electron chi connectivity index (χ2n) is 7.15. The highest BCUT2D eigenvalue weighted by atomic mass is 16.1. The van der Waals surface area contributed by atoms with E-state index in [9.17, 15) is 9.59 Å². The molecule has 1 aromatic carbocycles. The molecule has 2 aromatic heterocycles. The predicted octanol–water partition coefficient (Wildman–Crippen LogP) is 1.53. The molecule has 3 aromatic rings. The van der Waals surface area contributed by atoms with E-state index in [4.69, 9.17) is 0 Å². The summed E-state index contributed by atoms with van der Waals surface area (Å²) >= 11 is 0. The molecule has 140 valence electrons. The van der Waals surface area contributed by atoms with E-state index in [1.165, 1.54) is 4.68 Å². The number of benzene rings is 1. The molecule has 0 bridgehead atoms. The van der Waals surface area contributed by atoms with E-state index in [0.717, 1.165) is 36.1 Å². The number of rotatable bonds is 4. The summed E-state index contributed by atoms with van der Waals surface area (Å²) in [6, 6.07) is 9.38. The van der Waals surface area contributed by atoms with Gasteiger partial charge in [0, 0.05) is 62.5 Å². The van der Waals surface area contributed by atoms with Crippen LogP contribution in [-0.4, -0.2) is 39.9 Å². The Labute approximate surface area is 157 Å². The lowest BCUT2D eigenvalue weighted by Crippen LogP contribution is -2.31. The second-order valence-corrected chi connectivity index (χ2v) is 7.15. The third-order valence-corrected chi connectivity index (χ3v) is 5.33. The smallest absolute Gasteiger partial charge is 0.268 e. The fraction of sp³-hybridized carbons (Fsp3) is 0.350. The van der Waals surface area contributed by atoms with Gasteiger partial charge in [0.15, 0.2) is 0 Å². The van der Waals surface area contributed by atoms with Gasteiger partial charge in [0.25, 0.3) is 11.5 Å². The maximum absolute atomic E-state index is 12.7. The van der Waals surface area contributed by atoms with Gasteiger partial charge in [-0.05, 0) is 30.5 Å². The largest absolute Gasteiger partial charge is 0.370 e. The van der Waals surface area contributed by atoms with Crippen LogP contribution in [-0.2, 0) is 14.1 Å². The molecule has 1 aliphatic rings. The summed E-state index contributed by atoms with van der Waals surface area (Å²) in [5, 5.41) is 8.13. The fourth-order valence-electron chi connectivity index (χ4n) is 3.70. The Morgan fingerprint density at radius 2 is 2.15 bits per heavy atom. The lowest BCUT2D eigenvalue weighted by Gasteiger charge is -2.18. The summed E-state index contributed by atoms with van der Waals surface area (Å²) in [6.45, 7) is 2.30. The molecule has 7 heteroatoms. The van der Waals surface area contributed by atoms with Crippen LogP contribution in [0.3, 0.4) is 0 Å². The first kappa shape index (κ1) is 17.3. The standard InChI is InChI=1S/C20H23N5O2/c1-23-8-7-16-17(4-3-5-18(16)23)20(27)21-11-14-6-9-25(13-14)15-10-19(26)24(2)22-12-15/h3-5,7-8,10,12,14H,6,9,11,13H2,1-2H3,(H,21,27)/t14-/m0/s1. The van der Waals surface area contributed by atoms with E-state index in [1.807, 2.05) is 42.1 Å². The maximum atomic E-state index is 12.7. The van der Waals surface area contributed by atoms with Crippen molar-refractivity contribution in [3.05, 3.63) is 58.6 Å². The minimum Gasteiger partial charge on any atom is -0.370 e. The first-order valence-corrected chi connectivity index (χ1v) is 9.13. The molecule has 1 aliphatic heterocycles. The summed E-state index contributed by atoms with van der Waals surface area (Å²) in [4.78, 5) is 26.6. The van der Waals surface area contributed by atoms with Crippen LogP contribution in [0.2, 0.25) is 0 Å². The van der Waals surface area contributed by atoms with Crippen molar-refractivity contribution >= 4 is 22.5 Å². The molecule has 27 heavy (non-hydrogen) atoms. The number of aryl methyl sites for hydroxylation is 2. The molecule has 1 amide bonds.